The summed E-state index contributed by atoms with van der Waals surface area (Å²) in [6.45, 7) is 15.5. The molecule has 0 fully saturated rings. The van der Waals surface area contributed by atoms with Gasteiger partial charge in [0.05, 0.1) is 18.6 Å². The molecule has 2 N–H and O–H groups in total. The molecule has 2 aliphatic heterocycles. The molecular weight excluding hydrogens is 564 g/mol. The monoisotopic (exact) mass is 608 g/mol. The van der Waals surface area contributed by atoms with E-state index in [1.807, 2.05) is 39.8 Å². The van der Waals surface area contributed by atoms with E-state index in [1.54, 1.807) is 20.8 Å². The third-order valence-electron chi connectivity index (χ3n) is 7.99. The highest BCUT2D eigenvalue weighted by molar-refractivity contribution is 5.90. The number of benzene rings is 2. The van der Waals surface area contributed by atoms with E-state index >= 15 is 0 Å². The number of carboxylic acids is 1. The quantitative estimate of drug-likeness (QED) is 0.257. The molecule has 0 atom stereocenters. The second-order valence-corrected chi connectivity index (χ2v) is 13.1. The fourth-order valence-corrected chi connectivity index (χ4v) is 6.21. The first-order chi connectivity index (χ1) is 21.3. The highest BCUT2D eigenvalue weighted by Gasteiger charge is 2.24. The molecule has 4 aromatic rings. The molecule has 0 aliphatic carbocycles. The average Bonchev–Trinajstić information content (AvgIpc) is 2.96. The summed E-state index contributed by atoms with van der Waals surface area (Å²) in [6, 6.07) is 15.0. The Bertz CT molecular complexity index is 1720. The van der Waals surface area contributed by atoms with E-state index in [0.717, 1.165) is 101 Å². The lowest BCUT2D eigenvalue weighted by molar-refractivity contribution is -0.136. The second kappa shape index (κ2) is 13.0. The molecule has 236 valence electrons. The molecular formula is C37H44N4O4. The van der Waals surface area contributed by atoms with E-state index in [1.165, 1.54) is 16.7 Å². The minimum absolute atomic E-state index is 0.0767. The molecule has 4 heterocycles. The highest BCUT2D eigenvalue weighted by atomic mass is 16.5. The SMILES string of the molecule is CC(C)(C)O.Cc1cc(N2CCc3cc(-c4c(C)nc(C)c(CC(=O)O)c4-c4ccc5c(c4)CCCO5)ccc3C2)nc(C)n1. The molecule has 2 aliphatic rings. The van der Waals surface area contributed by atoms with E-state index in [9.17, 15) is 9.90 Å². The predicted molar refractivity (Wildman–Crippen MR) is 178 cm³/mol. The largest absolute Gasteiger partial charge is 0.493 e. The van der Waals surface area contributed by atoms with Crippen molar-refractivity contribution in [1.29, 1.82) is 0 Å². The Labute approximate surface area is 266 Å². The number of ether oxygens (including phenoxy) is 1. The summed E-state index contributed by atoms with van der Waals surface area (Å²) in [7, 11) is 0. The van der Waals surface area contributed by atoms with Crippen LogP contribution in [-0.2, 0) is 30.6 Å². The number of aryl methyl sites for hydroxylation is 5. The summed E-state index contributed by atoms with van der Waals surface area (Å²) < 4.78 is 5.87. The zero-order chi connectivity index (χ0) is 32.5. The zero-order valence-electron chi connectivity index (χ0n) is 27.5. The van der Waals surface area contributed by atoms with Gasteiger partial charge < -0.3 is 19.8 Å². The number of rotatable bonds is 5. The first-order valence-corrected chi connectivity index (χ1v) is 15.7. The van der Waals surface area contributed by atoms with Crippen molar-refractivity contribution in [3.8, 4) is 28.0 Å². The summed E-state index contributed by atoms with van der Waals surface area (Å²) in [5, 5.41) is 18.4. The second-order valence-electron chi connectivity index (χ2n) is 13.1. The Kier molecular flexibility index (Phi) is 9.26. The number of pyridine rings is 1. The molecule has 0 unspecified atom stereocenters. The van der Waals surface area contributed by atoms with Crippen LogP contribution in [0.3, 0.4) is 0 Å². The Morgan fingerprint density at radius 3 is 2.27 bits per heavy atom. The van der Waals surface area contributed by atoms with Crippen LogP contribution in [0.2, 0.25) is 0 Å². The van der Waals surface area contributed by atoms with Gasteiger partial charge in [0.1, 0.15) is 17.4 Å². The minimum atomic E-state index is -0.858. The lowest BCUT2D eigenvalue weighted by atomic mass is 9.85. The van der Waals surface area contributed by atoms with Gasteiger partial charge in [-0.15, -0.1) is 0 Å². The van der Waals surface area contributed by atoms with Gasteiger partial charge in [-0.25, -0.2) is 9.97 Å². The molecule has 2 aromatic heterocycles. The van der Waals surface area contributed by atoms with Crippen molar-refractivity contribution in [2.75, 3.05) is 18.1 Å². The standard InChI is InChI=1S/C33H34N4O3.C4H10O/c1-19-14-30(36-22(4)34-19)37-12-11-23-15-25(7-8-27(23)18-37)32-21(3)35-20(2)28(17-31(38)39)33(32)26-9-10-29-24(16-26)6-5-13-40-29;1-4(2,3)5/h7-10,14-16H,5-6,11-13,17-18H2,1-4H3,(H,38,39);5H,1-3H3. The summed E-state index contributed by atoms with van der Waals surface area (Å²) in [4.78, 5) is 28.3. The number of hydrogen-bond acceptors (Lipinski definition) is 7. The van der Waals surface area contributed by atoms with E-state index in [-0.39, 0.29) is 6.42 Å². The molecule has 0 bridgehead atoms. The van der Waals surface area contributed by atoms with Crippen molar-refractivity contribution in [3.63, 3.8) is 0 Å². The first kappa shape index (κ1) is 32.1. The van der Waals surface area contributed by atoms with Crippen LogP contribution in [-0.4, -0.2) is 49.9 Å². The van der Waals surface area contributed by atoms with Crippen LogP contribution in [0, 0.1) is 27.7 Å². The number of aliphatic hydroxyl groups is 1. The molecule has 0 amide bonds. The first-order valence-electron chi connectivity index (χ1n) is 15.7. The Hall–Kier alpha value is -4.30. The fourth-order valence-electron chi connectivity index (χ4n) is 6.21. The number of aliphatic carboxylic acids is 1. The van der Waals surface area contributed by atoms with Crippen LogP contribution in [0.15, 0.2) is 42.5 Å². The smallest absolute Gasteiger partial charge is 0.307 e. The third-order valence-corrected chi connectivity index (χ3v) is 7.99. The number of anilines is 1. The van der Waals surface area contributed by atoms with Crippen LogP contribution >= 0.6 is 0 Å². The third kappa shape index (κ3) is 7.68. The van der Waals surface area contributed by atoms with E-state index in [2.05, 4.69) is 45.2 Å². The van der Waals surface area contributed by atoms with Gasteiger partial charge in [0.2, 0.25) is 0 Å². The fraction of sp³-hybridized carbons (Fsp3) is 0.405. The Morgan fingerprint density at radius 2 is 1.56 bits per heavy atom. The van der Waals surface area contributed by atoms with Crippen LogP contribution in [0.5, 0.6) is 5.75 Å². The number of carbonyl (C=O) groups is 1. The van der Waals surface area contributed by atoms with Crippen molar-refractivity contribution in [2.45, 2.75) is 86.3 Å². The molecule has 8 heteroatoms. The highest BCUT2D eigenvalue weighted by Crippen LogP contribution is 2.41. The van der Waals surface area contributed by atoms with Crippen molar-refractivity contribution in [1.82, 2.24) is 15.0 Å². The topological polar surface area (TPSA) is 109 Å². The maximum absolute atomic E-state index is 12.0. The molecule has 8 nitrogen and oxygen atoms in total. The van der Waals surface area contributed by atoms with Crippen molar-refractivity contribution in [2.24, 2.45) is 0 Å². The average molecular weight is 609 g/mol. The number of aromatic nitrogens is 3. The van der Waals surface area contributed by atoms with Crippen molar-refractivity contribution < 1.29 is 19.7 Å². The molecule has 2 aromatic carbocycles. The molecule has 0 radical (unpaired) electrons. The van der Waals surface area contributed by atoms with E-state index in [4.69, 9.17) is 14.8 Å². The molecule has 0 saturated heterocycles. The van der Waals surface area contributed by atoms with E-state index in [0.29, 0.717) is 0 Å². The van der Waals surface area contributed by atoms with E-state index < -0.39 is 11.6 Å². The maximum Gasteiger partial charge on any atom is 0.307 e. The van der Waals surface area contributed by atoms with Crippen molar-refractivity contribution >= 4 is 11.8 Å². The summed E-state index contributed by atoms with van der Waals surface area (Å²) in [6.07, 6.45) is 2.76. The summed E-state index contributed by atoms with van der Waals surface area (Å²) in [5.74, 6) is 1.82. The molecule has 0 saturated carbocycles. The normalized spacial score (nSPS) is 14.1. The van der Waals surface area contributed by atoms with Gasteiger partial charge in [0.25, 0.3) is 0 Å². The zero-order valence-corrected chi connectivity index (χ0v) is 27.5. The lowest BCUT2D eigenvalue weighted by Crippen LogP contribution is -2.31. The molecule has 0 spiro atoms. The Morgan fingerprint density at radius 1 is 0.867 bits per heavy atom. The number of carboxylic acid groups (broad SMARTS) is 1. The van der Waals surface area contributed by atoms with Gasteiger partial charge >= 0.3 is 5.97 Å². The van der Waals surface area contributed by atoms with Gasteiger partial charge in [-0.05, 0) is 119 Å². The number of nitrogens with zero attached hydrogens (tertiary/aromatic N) is 4. The summed E-state index contributed by atoms with van der Waals surface area (Å²) in [5.41, 5.74) is 10.7. The Balaban J connectivity index is 0.000000743. The van der Waals surface area contributed by atoms with Crippen molar-refractivity contribution in [3.05, 3.63) is 87.6 Å². The number of fused-ring (bicyclic) bond motifs is 2. The van der Waals surface area contributed by atoms with Crippen LogP contribution in [0.25, 0.3) is 22.3 Å². The summed E-state index contributed by atoms with van der Waals surface area (Å²) >= 11 is 0. The van der Waals surface area contributed by atoms with Gasteiger partial charge in [-0.2, -0.15) is 0 Å². The van der Waals surface area contributed by atoms with Crippen LogP contribution in [0.1, 0.15) is 72.4 Å². The maximum atomic E-state index is 12.0. The van der Waals surface area contributed by atoms with Crippen LogP contribution < -0.4 is 9.64 Å². The number of hydrogen-bond donors (Lipinski definition) is 2. The minimum Gasteiger partial charge on any atom is -0.493 e. The molecule has 45 heavy (non-hydrogen) atoms. The van der Waals surface area contributed by atoms with Crippen LogP contribution in [0.4, 0.5) is 5.82 Å². The van der Waals surface area contributed by atoms with Gasteiger partial charge in [-0.3, -0.25) is 9.78 Å². The van der Waals surface area contributed by atoms with Gasteiger partial charge in [0, 0.05) is 41.8 Å². The lowest BCUT2D eigenvalue weighted by Gasteiger charge is -2.30. The predicted octanol–water partition coefficient (Wildman–Crippen LogP) is 6.73. The van der Waals surface area contributed by atoms with Gasteiger partial charge in [-0.1, -0.05) is 24.3 Å². The van der Waals surface area contributed by atoms with Gasteiger partial charge in [0.15, 0.2) is 0 Å². The molecule has 6 rings (SSSR count).